The highest BCUT2D eigenvalue weighted by atomic mass is 32.1. The number of aryl methyl sites for hydroxylation is 2. The summed E-state index contributed by atoms with van der Waals surface area (Å²) in [6, 6.07) is 17.4. The van der Waals surface area contributed by atoms with E-state index in [1.165, 1.54) is 4.88 Å². The Morgan fingerprint density at radius 3 is 2.51 bits per heavy atom. The summed E-state index contributed by atoms with van der Waals surface area (Å²) < 4.78 is 6.22. The van der Waals surface area contributed by atoms with Crippen molar-refractivity contribution in [2.75, 3.05) is 19.7 Å². The third-order valence-corrected chi connectivity index (χ3v) is 7.97. The number of amides is 2. The minimum atomic E-state index is -0.176. The molecule has 2 amide bonds. The van der Waals surface area contributed by atoms with Crippen molar-refractivity contribution < 1.29 is 14.3 Å². The highest BCUT2D eigenvalue weighted by Crippen LogP contribution is 2.34. The van der Waals surface area contributed by atoms with Crippen molar-refractivity contribution in [2.45, 2.75) is 52.6 Å². The summed E-state index contributed by atoms with van der Waals surface area (Å²) in [4.78, 5) is 32.2. The fourth-order valence-electron chi connectivity index (χ4n) is 4.61. The number of carbonyl (C=O) groups excluding carboxylic acids is 2. The third kappa shape index (κ3) is 5.43. The second-order valence-electron chi connectivity index (χ2n) is 9.23. The first kappa shape index (κ1) is 25.0. The lowest BCUT2D eigenvalue weighted by Gasteiger charge is -2.38. The number of benzene rings is 2. The van der Waals surface area contributed by atoms with Gasteiger partial charge in [-0.25, -0.2) is 0 Å². The summed E-state index contributed by atoms with van der Waals surface area (Å²) in [5.41, 5.74) is 3.80. The molecule has 1 aliphatic heterocycles. The number of carbonyl (C=O) groups is 2. The molecule has 0 spiro atoms. The standard InChI is InChI=1S/C29H34N2O3S/c1-5-22(4)31(29(33)23-12-8-6-10-20(23)2)18-28(32)30-16-14-27-24(15-17-35-27)25(30)19-34-26-13-9-7-11-21(26)3/h6-13,15,17,22,25H,5,14,16,18-19H2,1-4H3. The zero-order valence-electron chi connectivity index (χ0n) is 21.0. The minimum Gasteiger partial charge on any atom is -0.491 e. The smallest absolute Gasteiger partial charge is 0.254 e. The van der Waals surface area contributed by atoms with Crippen LogP contribution < -0.4 is 4.74 Å². The van der Waals surface area contributed by atoms with Gasteiger partial charge in [-0.2, -0.15) is 0 Å². The van der Waals surface area contributed by atoms with Crippen LogP contribution in [0.1, 0.15) is 58.2 Å². The van der Waals surface area contributed by atoms with Gasteiger partial charge in [-0.05, 0) is 73.9 Å². The summed E-state index contributed by atoms with van der Waals surface area (Å²) in [6.45, 7) is 9.08. The normalized spacial score (nSPS) is 15.9. The van der Waals surface area contributed by atoms with Crippen LogP contribution >= 0.6 is 11.3 Å². The third-order valence-electron chi connectivity index (χ3n) is 6.97. The van der Waals surface area contributed by atoms with Crippen LogP contribution in [0, 0.1) is 13.8 Å². The molecule has 0 saturated heterocycles. The lowest BCUT2D eigenvalue weighted by molar-refractivity contribution is -0.136. The van der Waals surface area contributed by atoms with Gasteiger partial charge in [0.2, 0.25) is 5.91 Å². The summed E-state index contributed by atoms with van der Waals surface area (Å²) in [6.07, 6.45) is 1.61. The lowest BCUT2D eigenvalue weighted by atomic mass is 10.00. The molecule has 0 bridgehead atoms. The minimum absolute atomic E-state index is 0.0394. The van der Waals surface area contributed by atoms with Gasteiger partial charge < -0.3 is 14.5 Å². The van der Waals surface area contributed by atoms with Crippen molar-refractivity contribution in [3.63, 3.8) is 0 Å². The van der Waals surface area contributed by atoms with E-state index < -0.39 is 0 Å². The van der Waals surface area contributed by atoms with Crippen LogP contribution in [0.2, 0.25) is 0 Å². The number of ether oxygens (including phenoxy) is 1. The van der Waals surface area contributed by atoms with Gasteiger partial charge in [0.25, 0.3) is 5.91 Å². The molecule has 2 aromatic carbocycles. The van der Waals surface area contributed by atoms with Crippen LogP contribution in [0.3, 0.4) is 0 Å². The molecule has 2 atom stereocenters. The predicted molar refractivity (Wildman–Crippen MR) is 141 cm³/mol. The Morgan fingerprint density at radius 2 is 1.80 bits per heavy atom. The first-order chi connectivity index (χ1) is 16.9. The van der Waals surface area contributed by atoms with Gasteiger partial charge in [-0.3, -0.25) is 9.59 Å². The number of thiophene rings is 1. The summed E-state index contributed by atoms with van der Waals surface area (Å²) in [7, 11) is 0. The largest absolute Gasteiger partial charge is 0.491 e. The van der Waals surface area contributed by atoms with Crippen LogP contribution in [-0.4, -0.2) is 47.4 Å². The maximum atomic E-state index is 13.7. The van der Waals surface area contributed by atoms with Crippen LogP contribution in [0.5, 0.6) is 5.75 Å². The Morgan fingerprint density at radius 1 is 1.09 bits per heavy atom. The van der Waals surface area contributed by atoms with Crippen LogP contribution in [0.25, 0.3) is 0 Å². The molecule has 5 nitrogen and oxygen atoms in total. The highest BCUT2D eigenvalue weighted by molar-refractivity contribution is 7.10. The molecule has 0 N–H and O–H groups in total. The zero-order valence-corrected chi connectivity index (χ0v) is 21.8. The average molecular weight is 491 g/mol. The number of nitrogens with zero attached hydrogens (tertiary/aromatic N) is 2. The van der Waals surface area contributed by atoms with Gasteiger partial charge in [-0.15, -0.1) is 11.3 Å². The fraction of sp³-hybridized carbons (Fsp3) is 0.379. The maximum absolute atomic E-state index is 13.7. The molecule has 1 aromatic heterocycles. The summed E-state index contributed by atoms with van der Waals surface area (Å²) in [5, 5.41) is 2.09. The number of rotatable bonds is 8. The number of hydrogen-bond acceptors (Lipinski definition) is 4. The van der Waals surface area contributed by atoms with Crippen molar-refractivity contribution in [1.29, 1.82) is 0 Å². The summed E-state index contributed by atoms with van der Waals surface area (Å²) >= 11 is 1.74. The van der Waals surface area contributed by atoms with E-state index >= 15 is 0 Å². The molecule has 6 heteroatoms. The zero-order chi connectivity index (χ0) is 24.9. The van der Waals surface area contributed by atoms with Gasteiger partial charge in [0.05, 0.1) is 6.04 Å². The van der Waals surface area contributed by atoms with Gasteiger partial charge in [-0.1, -0.05) is 43.3 Å². The molecule has 184 valence electrons. The molecule has 35 heavy (non-hydrogen) atoms. The van der Waals surface area contributed by atoms with Crippen molar-refractivity contribution in [1.82, 2.24) is 9.80 Å². The highest BCUT2D eigenvalue weighted by Gasteiger charge is 2.34. The van der Waals surface area contributed by atoms with Crippen LogP contribution in [-0.2, 0) is 11.2 Å². The number of para-hydroxylation sites is 1. The van der Waals surface area contributed by atoms with Crippen molar-refractivity contribution >= 4 is 23.2 Å². The lowest BCUT2D eigenvalue weighted by Crippen LogP contribution is -2.50. The van der Waals surface area contributed by atoms with E-state index in [9.17, 15) is 9.59 Å². The monoisotopic (exact) mass is 490 g/mol. The Labute approximate surface area is 212 Å². The second-order valence-corrected chi connectivity index (χ2v) is 10.2. The molecule has 1 aliphatic rings. The van der Waals surface area contributed by atoms with Gasteiger partial charge >= 0.3 is 0 Å². The van der Waals surface area contributed by atoms with E-state index in [0.717, 1.165) is 35.3 Å². The predicted octanol–water partition coefficient (Wildman–Crippen LogP) is 5.81. The Bertz CT molecular complexity index is 1190. The molecule has 0 radical (unpaired) electrons. The van der Waals surface area contributed by atoms with E-state index in [1.54, 1.807) is 16.2 Å². The molecular weight excluding hydrogens is 456 g/mol. The van der Waals surface area contributed by atoms with Gasteiger partial charge in [0.15, 0.2) is 0 Å². The van der Waals surface area contributed by atoms with Crippen LogP contribution in [0.4, 0.5) is 0 Å². The van der Waals surface area contributed by atoms with E-state index in [1.807, 2.05) is 81.1 Å². The molecule has 0 fully saturated rings. The molecule has 0 aliphatic carbocycles. The first-order valence-corrected chi connectivity index (χ1v) is 13.2. The molecule has 0 saturated carbocycles. The molecule has 2 unspecified atom stereocenters. The van der Waals surface area contributed by atoms with Crippen molar-refractivity contribution in [2.24, 2.45) is 0 Å². The second kappa shape index (κ2) is 11.1. The van der Waals surface area contributed by atoms with E-state index in [2.05, 4.69) is 11.4 Å². The Kier molecular flexibility index (Phi) is 7.91. The Balaban J connectivity index is 1.57. The molecule has 2 heterocycles. The molecule has 3 aromatic rings. The quantitative estimate of drug-likeness (QED) is 0.400. The van der Waals surface area contributed by atoms with Crippen molar-refractivity contribution in [3.05, 3.63) is 87.1 Å². The van der Waals surface area contributed by atoms with Crippen LogP contribution in [0.15, 0.2) is 60.0 Å². The SMILES string of the molecule is CCC(C)N(CC(=O)N1CCc2sccc2C1COc1ccccc1C)C(=O)c1ccccc1C. The first-order valence-electron chi connectivity index (χ1n) is 12.3. The van der Waals surface area contributed by atoms with E-state index in [4.69, 9.17) is 4.74 Å². The fourth-order valence-corrected chi connectivity index (χ4v) is 5.54. The molecule has 4 rings (SSSR count). The number of fused-ring (bicyclic) bond motifs is 1. The summed E-state index contributed by atoms with van der Waals surface area (Å²) in [5.74, 6) is 0.701. The molecular formula is C29H34N2O3S. The maximum Gasteiger partial charge on any atom is 0.254 e. The van der Waals surface area contributed by atoms with E-state index in [0.29, 0.717) is 18.7 Å². The average Bonchev–Trinajstić information content (AvgIpc) is 3.35. The Hall–Kier alpha value is -3.12. The van der Waals surface area contributed by atoms with Gasteiger partial charge in [0.1, 0.15) is 18.9 Å². The number of hydrogen-bond donors (Lipinski definition) is 0. The topological polar surface area (TPSA) is 49.9 Å². The van der Waals surface area contributed by atoms with Gasteiger partial charge in [0, 0.05) is 23.0 Å². The van der Waals surface area contributed by atoms with Crippen molar-refractivity contribution in [3.8, 4) is 5.75 Å². The van der Waals surface area contributed by atoms with E-state index in [-0.39, 0.29) is 30.4 Å².